The summed E-state index contributed by atoms with van der Waals surface area (Å²) in [6.45, 7) is 8.18. The van der Waals surface area contributed by atoms with Gasteiger partial charge in [-0.25, -0.2) is 8.42 Å². The molecule has 1 aromatic carbocycles. The molecule has 0 bridgehead atoms. The fourth-order valence-corrected chi connectivity index (χ4v) is 4.55. The summed E-state index contributed by atoms with van der Waals surface area (Å²) < 4.78 is 32.8. The van der Waals surface area contributed by atoms with Crippen LogP contribution in [0.25, 0.3) is 0 Å². The second-order valence-corrected chi connectivity index (χ2v) is 7.92. The number of benzene rings is 1. The highest BCUT2D eigenvalue weighted by atomic mass is 32.2. The zero-order valence-electron chi connectivity index (χ0n) is 12.4. The average molecular weight is 298 g/mol. The molecule has 0 aliphatic carbocycles. The van der Waals surface area contributed by atoms with E-state index in [1.54, 1.807) is 25.1 Å². The molecule has 0 saturated carbocycles. The Labute approximate surface area is 120 Å². The topological polar surface area (TPSA) is 72.6 Å². The predicted octanol–water partition coefficient (Wildman–Crippen LogP) is 1.77. The minimum absolute atomic E-state index is 0.123. The average Bonchev–Trinajstić information content (AvgIpc) is 2.25. The van der Waals surface area contributed by atoms with E-state index in [4.69, 9.17) is 10.5 Å². The lowest BCUT2D eigenvalue weighted by atomic mass is 10.1. The van der Waals surface area contributed by atoms with Crippen LogP contribution in [0.5, 0.6) is 0 Å². The molecule has 1 aliphatic heterocycles. The van der Waals surface area contributed by atoms with Gasteiger partial charge in [0.1, 0.15) is 0 Å². The van der Waals surface area contributed by atoms with E-state index in [1.165, 1.54) is 4.31 Å². The third-order valence-corrected chi connectivity index (χ3v) is 5.33. The molecule has 1 saturated heterocycles. The van der Waals surface area contributed by atoms with Crippen LogP contribution in [0.1, 0.15) is 26.3 Å². The molecule has 1 fully saturated rings. The molecule has 1 unspecified atom stereocenters. The van der Waals surface area contributed by atoms with E-state index in [2.05, 4.69) is 0 Å². The maximum atomic E-state index is 12.8. The molecule has 2 N–H and O–H groups in total. The first-order chi connectivity index (χ1) is 9.12. The molecule has 1 aromatic rings. The fourth-order valence-electron chi connectivity index (χ4n) is 2.68. The normalized spacial score (nSPS) is 23.7. The Bertz CT molecular complexity index is 611. The van der Waals surface area contributed by atoms with Gasteiger partial charge in [-0.15, -0.1) is 0 Å². The van der Waals surface area contributed by atoms with Crippen molar-refractivity contribution in [3.8, 4) is 0 Å². The summed E-state index contributed by atoms with van der Waals surface area (Å²) in [6, 6.07) is 4.88. The van der Waals surface area contributed by atoms with Gasteiger partial charge in [-0.1, -0.05) is 0 Å². The quantitative estimate of drug-likeness (QED) is 0.845. The molecular formula is C14H22N2O3S. The Kier molecular flexibility index (Phi) is 3.83. The number of nitrogens with zero attached hydrogens (tertiary/aromatic N) is 1. The highest BCUT2D eigenvalue weighted by Gasteiger charge is 2.38. The van der Waals surface area contributed by atoms with Crippen LogP contribution in [0.2, 0.25) is 0 Å². The third kappa shape index (κ3) is 2.97. The summed E-state index contributed by atoms with van der Waals surface area (Å²) >= 11 is 0. The molecule has 1 heterocycles. The molecule has 1 atom stereocenters. The van der Waals surface area contributed by atoms with Gasteiger partial charge >= 0.3 is 0 Å². The van der Waals surface area contributed by atoms with Crippen LogP contribution in [0.15, 0.2) is 23.1 Å². The van der Waals surface area contributed by atoms with Crippen molar-refractivity contribution in [2.24, 2.45) is 0 Å². The Hall–Kier alpha value is -1.11. The van der Waals surface area contributed by atoms with Crippen LogP contribution in [0.3, 0.4) is 0 Å². The lowest BCUT2D eigenvalue weighted by Crippen LogP contribution is -2.53. The van der Waals surface area contributed by atoms with Crippen LogP contribution >= 0.6 is 0 Å². The second-order valence-electron chi connectivity index (χ2n) is 6.01. The van der Waals surface area contributed by atoms with Gasteiger partial charge in [0.05, 0.1) is 16.6 Å². The van der Waals surface area contributed by atoms with Gasteiger partial charge in [0, 0.05) is 18.8 Å². The molecule has 1 aliphatic rings. The molecular weight excluding hydrogens is 276 g/mol. The minimum Gasteiger partial charge on any atom is -0.399 e. The van der Waals surface area contributed by atoms with E-state index in [0.29, 0.717) is 29.2 Å². The van der Waals surface area contributed by atoms with Crippen molar-refractivity contribution in [2.75, 3.05) is 18.8 Å². The van der Waals surface area contributed by atoms with E-state index < -0.39 is 15.6 Å². The first-order valence-electron chi connectivity index (χ1n) is 6.66. The van der Waals surface area contributed by atoms with Crippen LogP contribution < -0.4 is 5.73 Å². The largest absolute Gasteiger partial charge is 0.399 e. The zero-order chi connectivity index (χ0) is 15.1. The first kappa shape index (κ1) is 15.3. The number of ether oxygens (including phenoxy) is 1. The molecule has 20 heavy (non-hydrogen) atoms. The smallest absolute Gasteiger partial charge is 0.243 e. The van der Waals surface area contributed by atoms with Crippen molar-refractivity contribution < 1.29 is 13.2 Å². The van der Waals surface area contributed by atoms with Crippen LogP contribution in [-0.4, -0.2) is 37.5 Å². The van der Waals surface area contributed by atoms with Crippen molar-refractivity contribution >= 4 is 15.7 Å². The summed E-state index contributed by atoms with van der Waals surface area (Å²) in [5.41, 5.74) is 6.44. The number of morpholine rings is 1. The number of rotatable bonds is 2. The van der Waals surface area contributed by atoms with Gasteiger partial charge in [0.2, 0.25) is 10.0 Å². The maximum Gasteiger partial charge on any atom is 0.243 e. The van der Waals surface area contributed by atoms with Crippen molar-refractivity contribution in [2.45, 2.75) is 44.3 Å². The molecule has 0 aromatic heterocycles. The first-order valence-corrected chi connectivity index (χ1v) is 8.10. The number of aryl methyl sites for hydroxylation is 1. The van der Waals surface area contributed by atoms with Gasteiger partial charge in [0.15, 0.2) is 0 Å². The van der Waals surface area contributed by atoms with Crippen molar-refractivity contribution in [1.82, 2.24) is 4.31 Å². The van der Waals surface area contributed by atoms with Gasteiger partial charge < -0.3 is 10.5 Å². The van der Waals surface area contributed by atoms with Crippen LogP contribution in [0, 0.1) is 6.92 Å². The molecule has 0 radical (unpaired) electrons. The Morgan fingerprint density at radius 1 is 1.40 bits per heavy atom. The Balaban J connectivity index is 2.39. The number of hydrogen-bond donors (Lipinski definition) is 1. The van der Waals surface area contributed by atoms with Gasteiger partial charge in [-0.3, -0.25) is 0 Å². The summed E-state index contributed by atoms with van der Waals surface area (Å²) in [7, 11) is -3.52. The summed E-state index contributed by atoms with van der Waals surface area (Å²) in [5.74, 6) is 0. The van der Waals surface area contributed by atoms with E-state index >= 15 is 0 Å². The summed E-state index contributed by atoms with van der Waals surface area (Å²) in [6.07, 6.45) is -0.123. The van der Waals surface area contributed by atoms with E-state index in [9.17, 15) is 8.42 Å². The SMILES string of the molecule is Cc1cc(N)ccc1S(=O)(=O)N1CC(C)OC(C)(C)C1. The maximum absolute atomic E-state index is 12.8. The van der Waals surface area contributed by atoms with Crippen molar-refractivity contribution in [3.05, 3.63) is 23.8 Å². The molecule has 0 amide bonds. The molecule has 2 rings (SSSR count). The Morgan fingerprint density at radius 2 is 2.05 bits per heavy atom. The highest BCUT2D eigenvalue weighted by Crippen LogP contribution is 2.28. The van der Waals surface area contributed by atoms with E-state index in [1.807, 2.05) is 20.8 Å². The van der Waals surface area contributed by atoms with Gasteiger partial charge in [-0.2, -0.15) is 4.31 Å². The summed E-state index contributed by atoms with van der Waals surface area (Å²) in [5, 5.41) is 0. The molecule has 112 valence electrons. The summed E-state index contributed by atoms with van der Waals surface area (Å²) in [4.78, 5) is 0.316. The molecule has 6 heteroatoms. The van der Waals surface area contributed by atoms with E-state index in [-0.39, 0.29) is 6.10 Å². The van der Waals surface area contributed by atoms with Crippen LogP contribution in [-0.2, 0) is 14.8 Å². The van der Waals surface area contributed by atoms with Crippen molar-refractivity contribution in [3.63, 3.8) is 0 Å². The highest BCUT2D eigenvalue weighted by molar-refractivity contribution is 7.89. The number of nitrogen functional groups attached to an aromatic ring is 1. The van der Waals surface area contributed by atoms with Gasteiger partial charge in [-0.05, 0) is 51.5 Å². The lowest BCUT2D eigenvalue weighted by Gasteiger charge is -2.41. The fraction of sp³-hybridized carbons (Fsp3) is 0.571. The number of hydrogen-bond acceptors (Lipinski definition) is 4. The van der Waals surface area contributed by atoms with E-state index in [0.717, 1.165) is 0 Å². The lowest BCUT2D eigenvalue weighted by molar-refractivity contribution is -0.109. The molecule has 0 spiro atoms. The Morgan fingerprint density at radius 3 is 2.60 bits per heavy atom. The second kappa shape index (κ2) is 5.02. The number of anilines is 1. The molecule has 5 nitrogen and oxygen atoms in total. The number of nitrogens with two attached hydrogens (primary N) is 1. The van der Waals surface area contributed by atoms with Gasteiger partial charge in [0.25, 0.3) is 0 Å². The monoisotopic (exact) mass is 298 g/mol. The standard InChI is InChI=1S/C14H22N2O3S/c1-10-7-12(15)5-6-13(10)20(17,18)16-8-11(2)19-14(3,4)9-16/h5-7,11H,8-9,15H2,1-4H3. The number of sulfonamides is 1. The predicted molar refractivity (Wildman–Crippen MR) is 79.0 cm³/mol. The van der Waals surface area contributed by atoms with Crippen LogP contribution in [0.4, 0.5) is 5.69 Å². The van der Waals surface area contributed by atoms with Crippen molar-refractivity contribution in [1.29, 1.82) is 0 Å². The third-order valence-electron chi connectivity index (χ3n) is 3.35. The zero-order valence-corrected chi connectivity index (χ0v) is 13.2. The minimum atomic E-state index is -3.52.